The molecule has 53 heavy (non-hydrogen) atoms. The highest BCUT2D eigenvalue weighted by atomic mass is 19.3. The zero-order valence-corrected chi connectivity index (χ0v) is 29.6. The van der Waals surface area contributed by atoms with Crippen LogP contribution in [0.5, 0.6) is 17.2 Å². The zero-order chi connectivity index (χ0) is 38.4. The highest BCUT2D eigenvalue weighted by molar-refractivity contribution is 5.34. The number of rotatable bonds is 22. The van der Waals surface area contributed by atoms with Crippen LogP contribution in [-0.2, 0) is 32.3 Å². The van der Waals surface area contributed by atoms with Gasteiger partial charge >= 0.3 is 0 Å². The van der Waals surface area contributed by atoms with Gasteiger partial charge in [0.25, 0.3) is 0 Å². The molecule has 12 heteroatoms. The van der Waals surface area contributed by atoms with Crippen molar-refractivity contribution < 1.29 is 54.4 Å². The Morgan fingerprint density at radius 2 is 0.925 bits per heavy atom. The summed E-state index contributed by atoms with van der Waals surface area (Å²) in [7, 11) is 1.24. The van der Waals surface area contributed by atoms with Crippen LogP contribution in [0.15, 0.2) is 60.7 Å². The summed E-state index contributed by atoms with van der Waals surface area (Å²) in [6, 6.07) is 14.0. The van der Waals surface area contributed by atoms with E-state index >= 15 is 0 Å². The zero-order valence-electron chi connectivity index (χ0n) is 29.6. The molecule has 0 aliphatic rings. The Labute approximate surface area is 304 Å². The van der Waals surface area contributed by atoms with Crippen molar-refractivity contribution >= 4 is 0 Å². The van der Waals surface area contributed by atoms with Crippen LogP contribution < -0.4 is 14.2 Å². The topological polar surface area (TPSA) is 47.9 Å². The van der Waals surface area contributed by atoms with Crippen LogP contribution in [0, 0.1) is 34.9 Å². The highest BCUT2D eigenvalue weighted by Gasteiger charge is 2.27. The van der Waals surface area contributed by atoms with Crippen LogP contribution in [-0.4, -0.2) is 31.4 Å². The van der Waals surface area contributed by atoms with E-state index in [4.69, 9.17) is 19.3 Å². The fraction of sp³-hybridized carbons (Fsp3) is 0.415. The van der Waals surface area contributed by atoms with Gasteiger partial charge in [0.15, 0.2) is 23.2 Å². The van der Waals surface area contributed by atoms with Gasteiger partial charge in [-0.15, -0.1) is 0 Å². The molecule has 4 rings (SSSR count). The number of aliphatic hydroxyl groups is 1. The van der Waals surface area contributed by atoms with Crippen molar-refractivity contribution in [2.45, 2.75) is 89.6 Å². The Morgan fingerprint density at radius 3 is 1.40 bits per heavy atom. The second kappa shape index (κ2) is 20.2. The minimum Gasteiger partial charge on any atom is -0.494 e. The van der Waals surface area contributed by atoms with Gasteiger partial charge in [-0.2, -0.15) is 4.39 Å². The lowest BCUT2D eigenvalue weighted by molar-refractivity contribution is -0.0209. The van der Waals surface area contributed by atoms with Crippen LogP contribution in [0.4, 0.5) is 35.1 Å². The van der Waals surface area contributed by atoms with Crippen molar-refractivity contribution in [2.24, 2.45) is 0 Å². The van der Waals surface area contributed by atoms with Gasteiger partial charge in [0.2, 0.25) is 11.7 Å². The molecule has 288 valence electrons. The average Bonchev–Trinajstić information content (AvgIpc) is 3.13. The van der Waals surface area contributed by atoms with E-state index in [0.29, 0.717) is 55.4 Å². The van der Waals surface area contributed by atoms with E-state index in [2.05, 4.69) is 0 Å². The van der Waals surface area contributed by atoms with E-state index in [9.17, 15) is 35.1 Å². The first kappa shape index (κ1) is 41.4. The van der Waals surface area contributed by atoms with Crippen molar-refractivity contribution in [3.05, 3.63) is 123 Å². The first-order chi connectivity index (χ1) is 25.4. The molecule has 0 aliphatic carbocycles. The number of halogens is 8. The first-order valence-electron chi connectivity index (χ1n) is 17.7. The van der Waals surface area contributed by atoms with Crippen LogP contribution >= 0.6 is 0 Å². The number of hydrogen-bond donors (Lipinski definition) is 1. The van der Waals surface area contributed by atoms with Crippen molar-refractivity contribution in [3.63, 3.8) is 0 Å². The number of aliphatic hydroxyl groups excluding tert-OH is 1. The number of hydrogen-bond acceptors (Lipinski definition) is 4. The largest absolute Gasteiger partial charge is 0.494 e. The summed E-state index contributed by atoms with van der Waals surface area (Å²) in [5.41, 5.74) is 0.661. The third-order valence-corrected chi connectivity index (χ3v) is 9.05. The summed E-state index contributed by atoms with van der Waals surface area (Å²) >= 11 is 0. The molecule has 0 aromatic heterocycles. The number of benzene rings is 4. The fourth-order valence-corrected chi connectivity index (χ4v) is 5.88. The Morgan fingerprint density at radius 1 is 0.509 bits per heavy atom. The summed E-state index contributed by atoms with van der Waals surface area (Å²) in [5.74, 6) is -7.82. The highest BCUT2D eigenvalue weighted by Crippen LogP contribution is 2.29. The summed E-state index contributed by atoms with van der Waals surface area (Å²) in [5, 5.41) is 9.05. The van der Waals surface area contributed by atoms with Crippen LogP contribution in [0.3, 0.4) is 0 Å². The third kappa shape index (κ3) is 12.4. The van der Waals surface area contributed by atoms with Gasteiger partial charge in [0.05, 0.1) is 26.9 Å². The molecule has 4 aromatic carbocycles. The Bertz CT molecular complexity index is 1650. The predicted octanol–water partition coefficient (Wildman–Crippen LogP) is 10.8. The first-order valence-corrected chi connectivity index (χ1v) is 17.7. The SMILES string of the molecule is COc1ccc(CCc2ccc(OCCCCCC(F)(F)CCCCCOc3ccc(CCc4ccc(CO)c(F)c4F)c(F)c3)cc2F)c(F)c1F. The van der Waals surface area contributed by atoms with Crippen LogP contribution in [0.1, 0.15) is 79.2 Å². The molecule has 0 saturated heterocycles. The van der Waals surface area contributed by atoms with Gasteiger partial charge in [0.1, 0.15) is 23.1 Å². The lowest BCUT2D eigenvalue weighted by Gasteiger charge is -2.16. The summed E-state index contributed by atoms with van der Waals surface area (Å²) < 4.78 is 130. The normalized spacial score (nSPS) is 11.6. The second-order valence-electron chi connectivity index (χ2n) is 12.9. The van der Waals surface area contributed by atoms with Crippen molar-refractivity contribution in [1.82, 2.24) is 0 Å². The van der Waals surface area contributed by atoms with E-state index in [1.165, 1.54) is 55.6 Å². The number of unbranched alkanes of at least 4 members (excludes halogenated alkanes) is 4. The second-order valence-corrected chi connectivity index (χ2v) is 12.9. The molecule has 4 nitrogen and oxygen atoms in total. The van der Waals surface area contributed by atoms with Crippen molar-refractivity contribution in [2.75, 3.05) is 20.3 Å². The molecular formula is C41H44F8O4. The molecule has 0 unspecified atom stereocenters. The summed E-state index contributed by atoms with van der Waals surface area (Å²) in [6.07, 6.45) is 2.56. The smallest absolute Gasteiger partial charge is 0.248 e. The number of methoxy groups -OCH3 is 1. The van der Waals surface area contributed by atoms with E-state index in [-0.39, 0.29) is 79.9 Å². The average molecular weight is 753 g/mol. The molecule has 0 atom stereocenters. The van der Waals surface area contributed by atoms with Crippen molar-refractivity contribution in [1.29, 1.82) is 0 Å². The molecule has 0 spiro atoms. The molecule has 0 bridgehead atoms. The van der Waals surface area contributed by atoms with E-state index < -0.39 is 47.4 Å². The molecule has 0 aliphatic heterocycles. The number of alkyl halides is 2. The maximum absolute atomic E-state index is 14.6. The monoisotopic (exact) mass is 752 g/mol. The lowest BCUT2D eigenvalue weighted by Crippen LogP contribution is -2.15. The summed E-state index contributed by atoms with van der Waals surface area (Å²) in [4.78, 5) is 0. The Kier molecular flexibility index (Phi) is 15.8. The van der Waals surface area contributed by atoms with Gasteiger partial charge in [0, 0.05) is 30.5 Å². The van der Waals surface area contributed by atoms with E-state index in [1.807, 2.05) is 0 Å². The molecule has 0 amide bonds. The van der Waals surface area contributed by atoms with Crippen molar-refractivity contribution in [3.8, 4) is 17.2 Å². The quantitative estimate of drug-likeness (QED) is 0.0642. The van der Waals surface area contributed by atoms with Gasteiger partial charge in [-0.1, -0.05) is 30.3 Å². The standard InChI is InChI=1S/C41H44F8O4/c1-51-36-19-16-30(38(45)40(36)47)11-9-28-15-18-33(25-35(28)43)53-23-7-3-5-21-41(48,49)20-4-2-6-22-52-32-17-14-27(34(42)24-32)8-10-29-12-13-31(26-50)39(46)37(29)44/h12-19,24-25,50H,2-11,20-23,26H2,1H3. The Balaban J connectivity index is 1.05. The molecule has 0 radical (unpaired) electrons. The Hall–Kier alpha value is -4.32. The van der Waals surface area contributed by atoms with E-state index in [1.54, 1.807) is 12.1 Å². The maximum Gasteiger partial charge on any atom is 0.248 e. The minimum absolute atomic E-state index is 0.0642. The van der Waals surface area contributed by atoms with Crippen LogP contribution in [0.2, 0.25) is 0 Å². The molecule has 1 N–H and O–H groups in total. The van der Waals surface area contributed by atoms with Gasteiger partial charge in [-0.25, -0.2) is 30.7 Å². The van der Waals surface area contributed by atoms with E-state index in [0.717, 1.165) is 0 Å². The number of aryl methyl sites for hydroxylation is 4. The lowest BCUT2D eigenvalue weighted by atomic mass is 10.0. The number of ether oxygens (including phenoxy) is 3. The minimum atomic E-state index is -2.81. The fourth-order valence-electron chi connectivity index (χ4n) is 5.88. The van der Waals surface area contributed by atoms with Gasteiger partial charge in [-0.05, 0) is 105 Å². The maximum atomic E-state index is 14.6. The molecule has 0 saturated carbocycles. The van der Waals surface area contributed by atoms with Gasteiger partial charge in [-0.3, -0.25) is 0 Å². The van der Waals surface area contributed by atoms with Gasteiger partial charge < -0.3 is 19.3 Å². The van der Waals surface area contributed by atoms with Crippen LogP contribution in [0.25, 0.3) is 0 Å². The molecule has 0 heterocycles. The molecule has 0 fully saturated rings. The predicted molar refractivity (Wildman–Crippen MR) is 186 cm³/mol. The molecule has 4 aromatic rings. The summed E-state index contributed by atoms with van der Waals surface area (Å²) in [6.45, 7) is -0.165. The molecular weight excluding hydrogens is 708 g/mol. The third-order valence-electron chi connectivity index (χ3n) is 9.05.